The van der Waals surface area contributed by atoms with Crippen molar-refractivity contribution in [3.05, 3.63) is 0 Å². The van der Waals surface area contributed by atoms with E-state index in [4.69, 9.17) is 11.5 Å². The second-order valence-corrected chi connectivity index (χ2v) is 4.53. The van der Waals surface area contributed by atoms with Gasteiger partial charge in [-0.3, -0.25) is 14.5 Å². The molecule has 100 valence electrons. The van der Waals surface area contributed by atoms with Gasteiger partial charge in [0.05, 0.1) is 13.1 Å². The van der Waals surface area contributed by atoms with E-state index in [-0.39, 0.29) is 24.9 Å². The van der Waals surface area contributed by atoms with Crippen LogP contribution in [0.3, 0.4) is 0 Å². The van der Waals surface area contributed by atoms with Gasteiger partial charge in [0.15, 0.2) is 0 Å². The molecule has 0 aliphatic carbocycles. The summed E-state index contributed by atoms with van der Waals surface area (Å²) in [5.41, 5.74) is 0. The summed E-state index contributed by atoms with van der Waals surface area (Å²) in [7, 11) is 0. The third-order valence-electron chi connectivity index (χ3n) is 3.17. The number of carboxylic acid groups (broad SMARTS) is 1. The largest absolute Gasteiger partial charge is 0.481 e. The fourth-order valence-corrected chi connectivity index (χ4v) is 2.28. The number of carbonyl (C=O) groups excluding carboxylic acids is 1. The smallest absolute Gasteiger partial charge is 0.303 e. The van der Waals surface area contributed by atoms with Crippen molar-refractivity contribution in [2.45, 2.75) is 38.1 Å². The van der Waals surface area contributed by atoms with E-state index in [2.05, 4.69) is 16.1 Å². The fraction of sp³-hybridized carbons (Fsp3) is 0.692. The maximum absolute atomic E-state index is 11.6. The summed E-state index contributed by atoms with van der Waals surface area (Å²) in [4.78, 5) is 24.2. The number of hydrogen-bond donors (Lipinski definition) is 2. The quantitative estimate of drug-likeness (QED) is 0.674. The number of terminal acetylenes is 1. The Morgan fingerprint density at radius 3 is 2.89 bits per heavy atom. The zero-order chi connectivity index (χ0) is 13.4. The monoisotopic (exact) mass is 252 g/mol. The maximum atomic E-state index is 11.6. The summed E-state index contributed by atoms with van der Waals surface area (Å²) in [5, 5.41) is 11.3. The van der Waals surface area contributed by atoms with Crippen molar-refractivity contribution in [2.75, 3.05) is 19.6 Å². The number of carbonyl (C=O) groups is 2. The van der Waals surface area contributed by atoms with E-state index in [1.54, 1.807) is 0 Å². The van der Waals surface area contributed by atoms with E-state index in [0.29, 0.717) is 13.0 Å². The highest BCUT2D eigenvalue weighted by molar-refractivity contribution is 5.78. The summed E-state index contributed by atoms with van der Waals surface area (Å²) in [5.74, 6) is 1.49. The molecule has 1 aliphatic rings. The molecule has 1 saturated heterocycles. The Labute approximate surface area is 108 Å². The van der Waals surface area contributed by atoms with Gasteiger partial charge in [0.2, 0.25) is 5.91 Å². The second kappa shape index (κ2) is 7.72. The SMILES string of the molecule is C#CCNC(=O)CN1CCCCC1CCC(=O)O. The molecule has 1 fully saturated rings. The molecule has 1 atom stereocenters. The van der Waals surface area contributed by atoms with Crippen LogP contribution in [0.4, 0.5) is 0 Å². The lowest BCUT2D eigenvalue weighted by atomic mass is 9.98. The van der Waals surface area contributed by atoms with Crippen molar-refractivity contribution < 1.29 is 14.7 Å². The third kappa shape index (κ3) is 5.19. The summed E-state index contributed by atoms with van der Waals surface area (Å²) >= 11 is 0. The summed E-state index contributed by atoms with van der Waals surface area (Å²) in [6.07, 6.45) is 8.98. The molecule has 5 nitrogen and oxygen atoms in total. The average molecular weight is 252 g/mol. The van der Waals surface area contributed by atoms with Gasteiger partial charge >= 0.3 is 5.97 Å². The molecular formula is C13H20N2O3. The van der Waals surface area contributed by atoms with E-state index in [9.17, 15) is 9.59 Å². The molecule has 0 radical (unpaired) electrons. The minimum atomic E-state index is -0.780. The molecule has 1 rings (SSSR count). The van der Waals surface area contributed by atoms with Gasteiger partial charge in [0.1, 0.15) is 0 Å². The van der Waals surface area contributed by atoms with Crippen LogP contribution in [-0.4, -0.2) is 47.6 Å². The van der Waals surface area contributed by atoms with Crippen LogP contribution in [-0.2, 0) is 9.59 Å². The Morgan fingerprint density at radius 2 is 2.22 bits per heavy atom. The summed E-state index contributed by atoms with van der Waals surface area (Å²) in [6.45, 7) is 1.41. The number of aliphatic carboxylic acids is 1. The Hall–Kier alpha value is -1.54. The van der Waals surface area contributed by atoms with Crippen molar-refractivity contribution in [1.29, 1.82) is 0 Å². The van der Waals surface area contributed by atoms with Crippen LogP contribution < -0.4 is 5.32 Å². The molecule has 0 aromatic rings. The highest BCUT2D eigenvalue weighted by atomic mass is 16.4. The van der Waals surface area contributed by atoms with E-state index in [0.717, 1.165) is 25.8 Å². The van der Waals surface area contributed by atoms with E-state index in [1.165, 1.54) is 0 Å². The van der Waals surface area contributed by atoms with Gasteiger partial charge < -0.3 is 10.4 Å². The normalized spacial score (nSPS) is 20.1. The third-order valence-corrected chi connectivity index (χ3v) is 3.17. The van der Waals surface area contributed by atoms with Crippen molar-refractivity contribution in [3.8, 4) is 12.3 Å². The predicted octanol–water partition coefficient (Wildman–Crippen LogP) is 0.455. The molecule has 1 heterocycles. The average Bonchev–Trinajstić information content (AvgIpc) is 2.35. The minimum absolute atomic E-state index is 0.0878. The molecule has 2 N–H and O–H groups in total. The lowest BCUT2D eigenvalue weighted by Crippen LogP contribution is -2.45. The van der Waals surface area contributed by atoms with Gasteiger partial charge in [-0.1, -0.05) is 12.3 Å². The van der Waals surface area contributed by atoms with Crippen LogP contribution in [0, 0.1) is 12.3 Å². The van der Waals surface area contributed by atoms with Crippen LogP contribution in [0.5, 0.6) is 0 Å². The molecule has 18 heavy (non-hydrogen) atoms. The van der Waals surface area contributed by atoms with Crippen molar-refractivity contribution in [2.24, 2.45) is 0 Å². The van der Waals surface area contributed by atoms with Gasteiger partial charge in [0.25, 0.3) is 0 Å². The first-order chi connectivity index (χ1) is 8.63. The summed E-state index contributed by atoms with van der Waals surface area (Å²) < 4.78 is 0. The number of carboxylic acids is 1. The zero-order valence-electron chi connectivity index (χ0n) is 10.5. The Morgan fingerprint density at radius 1 is 1.44 bits per heavy atom. The van der Waals surface area contributed by atoms with Gasteiger partial charge in [-0.05, 0) is 25.8 Å². The molecule has 1 unspecified atom stereocenters. The van der Waals surface area contributed by atoms with E-state index < -0.39 is 5.97 Å². The Kier molecular flexibility index (Phi) is 6.23. The number of amides is 1. The summed E-state index contributed by atoms with van der Waals surface area (Å²) in [6, 6.07) is 0.200. The molecule has 5 heteroatoms. The lowest BCUT2D eigenvalue weighted by Gasteiger charge is -2.34. The maximum Gasteiger partial charge on any atom is 0.303 e. The number of likely N-dealkylation sites (tertiary alicyclic amines) is 1. The highest BCUT2D eigenvalue weighted by Gasteiger charge is 2.24. The van der Waals surface area contributed by atoms with Crippen molar-refractivity contribution >= 4 is 11.9 Å². The highest BCUT2D eigenvalue weighted by Crippen LogP contribution is 2.20. The van der Waals surface area contributed by atoms with E-state index >= 15 is 0 Å². The number of rotatable bonds is 6. The standard InChI is InChI=1S/C13H20N2O3/c1-2-8-14-12(16)10-15-9-4-3-5-11(15)6-7-13(17)18/h1,11H,3-10H2,(H,14,16)(H,17,18). The minimum Gasteiger partial charge on any atom is -0.481 e. The molecule has 0 aromatic carbocycles. The number of hydrogen-bond acceptors (Lipinski definition) is 3. The van der Waals surface area contributed by atoms with E-state index in [1.807, 2.05) is 0 Å². The second-order valence-electron chi connectivity index (χ2n) is 4.53. The molecule has 1 amide bonds. The zero-order valence-corrected chi connectivity index (χ0v) is 10.5. The number of nitrogens with one attached hydrogen (secondary N) is 1. The molecular weight excluding hydrogens is 232 g/mol. The molecule has 0 saturated carbocycles. The number of nitrogens with zero attached hydrogens (tertiary/aromatic N) is 1. The fourth-order valence-electron chi connectivity index (χ4n) is 2.28. The van der Waals surface area contributed by atoms with Crippen LogP contribution in [0.25, 0.3) is 0 Å². The first-order valence-corrected chi connectivity index (χ1v) is 6.29. The van der Waals surface area contributed by atoms with Gasteiger partial charge in [0, 0.05) is 12.5 Å². The number of piperidine rings is 1. The van der Waals surface area contributed by atoms with Gasteiger partial charge in [-0.25, -0.2) is 0 Å². The Bertz CT molecular complexity index is 336. The first-order valence-electron chi connectivity index (χ1n) is 6.29. The van der Waals surface area contributed by atoms with Crippen LogP contribution in [0.15, 0.2) is 0 Å². The van der Waals surface area contributed by atoms with Crippen molar-refractivity contribution in [1.82, 2.24) is 10.2 Å². The topological polar surface area (TPSA) is 69.6 Å². The molecule has 0 bridgehead atoms. The van der Waals surface area contributed by atoms with Gasteiger partial charge in [-0.2, -0.15) is 0 Å². The molecule has 0 spiro atoms. The van der Waals surface area contributed by atoms with Crippen LogP contribution in [0.2, 0.25) is 0 Å². The Balaban J connectivity index is 2.41. The van der Waals surface area contributed by atoms with Crippen LogP contribution in [0.1, 0.15) is 32.1 Å². The lowest BCUT2D eigenvalue weighted by molar-refractivity contribution is -0.137. The first kappa shape index (κ1) is 14.5. The molecule has 1 aliphatic heterocycles. The molecule has 0 aromatic heterocycles. The van der Waals surface area contributed by atoms with Crippen LogP contribution >= 0.6 is 0 Å². The predicted molar refractivity (Wildman–Crippen MR) is 67.9 cm³/mol. The van der Waals surface area contributed by atoms with Gasteiger partial charge in [-0.15, -0.1) is 6.42 Å². The van der Waals surface area contributed by atoms with Crippen molar-refractivity contribution in [3.63, 3.8) is 0 Å².